The van der Waals surface area contributed by atoms with Crippen LogP contribution in [0.5, 0.6) is 5.75 Å². The quantitative estimate of drug-likeness (QED) is 0.790. The number of benzene rings is 1. The van der Waals surface area contributed by atoms with Crippen LogP contribution in [0.2, 0.25) is 0 Å². The molecule has 4 nitrogen and oxygen atoms in total. The lowest BCUT2D eigenvalue weighted by Gasteiger charge is -2.17. The van der Waals surface area contributed by atoms with E-state index in [0.717, 1.165) is 0 Å². The molecular formula is C13H18FNO3. The fourth-order valence-electron chi connectivity index (χ4n) is 1.63. The van der Waals surface area contributed by atoms with Crippen LogP contribution in [0.25, 0.3) is 0 Å². The highest BCUT2D eigenvalue weighted by molar-refractivity contribution is 5.77. The first-order chi connectivity index (χ1) is 8.63. The molecule has 0 heterocycles. The highest BCUT2D eigenvalue weighted by atomic mass is 19.1. The van der Waals surface area contributed by atoms with Crippen LogP contribution >= 0.6 is 0 Å². The number of hydrogen-bond acceptors (Lipinski definition) is 4. The molecule has 0 aromatic heterocycles. The summed E-state index contributed by atoms with van der Waals surface area (Å²) >= 11 is 0. The summed E-state index contributed by atoms with van der Waals surface area (Å²) in [5.74, 6) is -0.760. The van der Waals surface area contributed by atoms with Gasteiger partial charge in [-0.2, -0.15) is 0 Å². The molecule has 0 saturated carbocycles. The summed E-state index contributed by atoms with van der Waals surface area (Å²) in [6, 6.07) is 3.76. The van der Waals surface area contributed by atoms with Gasteiger partial charge in [-0.1, -0.05) is 13.0 Å². The molecule has 0 spiro atoms. The van der Waals surface area contributed by atoms with E-state index >= 15 is 0 Å². The third-order valence-corrected chi connectivity index (χ3v) is 2.44. The lowest BCUT2D eigenvalue weighted by Crippen LogP contribution is -2.30. The smallest absolute Gasteiger partial charge is 0.327 e. The Balaban J connectivity index is 2.98. The molecule has 1 unspecified atom stereocenters. The number of nitrogens with one attached hydrogen (secondary N) is 1. The predicted molar refractivity (Wildman–Crippen MR) is 66.0 cm³/mol. The Labute approximate surface area is 106 Å². The number of ether oxygens (including phenoxy) is 2. The topological polar surface area (TPSA) is 47.6 Å². The standard InChI is InChI=1S/C13H18FNO3/c1-4-15-12(13(16)18-5-2)9-6-7-11(17-3)10(14)8-9/h6-8,12,15H,4-5H2,1-3H3. The van der Waals surface area contributed by atoms with E-state index in [0.29, 0.717) is 18.7 Å². The predicted octanol–water partition coefficient (Wildman–Crippen LogP) is 2.05. The van der Waals surface area contributed by atoms with E-state index in [4.69, 9.17) is 9.47 Å². The van der Waals surface area contributed by atoms with Crippen molar-refractivity contribution in [2.24, 2.45) is 0 Å². The average molecular weight is 255 g/mol. The van der Waals surface area contributed by atoms with Crippen molar-refractivity contribution >= 4 is 5.97 Å². The van der Waals surface area contributed by atoms with E-state index in [1.807, 2.05) is 6.92 Å². The SMILES string of the molecule is CCNC(C(=O)OCC)c1ccc(OC)c(F)c1. The molecule has 1 aromatic carbocycles. The highest BCUT2D eigenvalue weighted by Crippen LogP contribution is 2.22. The zero-order valence-electron chi connectivity index (χ0n) is 10.8. The molecule has 100 valence electrons. The van der Waals surface area contributed by atoms with Gasteiger partial charge in [-0.15, -0.1) is 0 Å². The molecule has 0 aliphatic carbocycles. The van der Waals surface area contributed by atoms with E-state index in [1.54, 1.807) is 13.0 Å². The summed E-state index contributed by atoms with van der Waals surface area (Å²) in [4.78, 5) is 11.8. The van der Waals surface area contributed by atoms with Crippen LogP contribution in [-0.4, -0.2) is 26.2 Å². The number of rotatable bonds is 6. The molecule has 0 fully saturated rings. The molecule has 1 aromatic rings. The van der Waals surface area contributed by atoms with E-state index in [-0.39, 0.29) is 5.75 Å². The molecular weight excluding hydrogens is 237 g/mol. The lowest BCUT2D eigenvalue weighted by atomic mass is 10.1. The molecule has 0 bridgehead atoms. The molecule has 1 atom stereocenters. The largest absolute Gasteiger partial charge is 0.494 e. The number of esters is 1. The van der Waals surface area contributed by atoms with Gasteiger partial charge < -0.3 is 14.8 Å². The molecule has 1 N–H and O–H groups in total. The maximum absolute atomic E-state index is 13.6. The molecule has 0 aliphatic heterocycles. The number of likely N-dealkylation sites (N-methyl/N-ethyl adjacent to an activating group) is 1. The third kappa shape index (κ3) is 3.43. The highest BCUT2D eigenvalue weighted by Gasteiger charge is 2.21. The van der Waals surface area contributed by atoms with E-state index in [1.165, 1.54) is 19.2 Å². The molecule has 0 amide bonds. The Morgan fingerprint density at radius 1 is 1.44 bits per heavy atom. The number of carbonyl (C=O) groups is 1. The maximum atomic E-state index is 13.6. The second-order valence-corrected chi connectivity index (χ2v) is 3.64. The molecule has 5 heteroatoms. The number of carbonyl (C=O) groups excluding carboxylic acids is 1. The summed E-state index contributed by atoms with van der Waals surface area (Å²) in [6.45, 7) is 4.47. The van der Waals surface area contributed by atoms with Crippen LogP contribution in [0, 0.1) is 5.82 Å². The van der Waals surface area contributed by atoms with Gasteiger partial charge in [0.25, 0.3) is 0 Å². The lowest BCUT2D eigenvalue weighted by molar-refractivity contribution is -0.145. The first-order valence-corrected chi connectivity index (χ1v) is 5.87. The first-order valence-electron chi connectivity index (χ1n) is 5.87. The Morgan fingerprint density at radius 2 is 2.17 bits per heavy atom. The Bertz CT molecular complexity index is 409. The monoisotopic (exact) mass is 255 g/mol. The minimum atomic E-state index is -0.657. The van der Waals surface area contributed by atoms with Crippen LogP contribution in [0.4, 0.5) is 4.39 Å². The van der Waals surface area contributed by atoms with Crippen molar-refractivity contribution in [1.29, 1.82) is 0 Å². The first kappa shape index (κ1) is 14.4. The zero-order valence-corrected chi connectivity index (χ0v) is 10.8. The summed E-state index contributed by atoms with van der Waals surface area (Å²) in [5, 5.41) is 2.97. The maximum Gasteiger partial charge on any atom is 0.327 e. The van der Waals surface area contributed by atoms with Crippen molar-refractivity contribution < 1.29 is 18.7 Å². The number of halogens is 1. The zero-order chi connectivity index (χ0) is 13.5. The molecule has 18 heavy (non-hydrogen) atoms. The van der Waals surface area contributed by atoms with Gasteiger partial charge in [0.1, 0.15) is 6.04 Å². The van der Waals surface area contributed by atoms with Crippen molar-refractivity contribution in [2.45, 2.75) is 19.9 Å². The fourth-order valence-corrected chi connectivity index (χ4v) is 1.63. The van der Waals surface area contributed by atoms with Crippen LogP contribution in [0.3, 0.4) is 0 Å². The van der Waals surface area contributed by atoms with E-state index < -0.39 is 17.8 Å². The molecule has 0 saturated heterocycles. The van der Waals surface area contributed by atoms with Crippen LogP contribution in [0.1, 0.15) is 25.5 Å². The van der Waals surface area contributed by atoms with Gasteiger partial charge in [0, 0.05) is 0 Å². The van der Waals surface area contributed by atoms with E-state index in [9.17, 15) is 9.18 Å². The number of methoxy groups -OCH3 is 1. The van der Waals surface area contributed by atoms with Gasteiger partial charge in [0.05, 0.1) is 13.7 Å². The van der Waals surface area contributed by atoms with Crippen LogP contribution < -0.4 is 10.1 Å². The summed E-state index contributed by atoms with van der Waals surface area (Å²) < 4.78 is 23.4. The minimum absolute atomic E-state index is 0.151. The number of hydrogen-bond donors (Lipinski definition) is 1. The van der Waals surface area contributed by atoms with Crippen molar-refractivity contribution in [3.05, 3.63) is 29.6 Å². The second kappa shape index (κ2) is 6.96. The Morgan fingerprint density at radius 3 is 2.67 bits per heavy atom. The normalized spacial score (nSPS) is 12.0. The molecule has 0 radical (unpaired) electrons. The Kier molecular flexibility index (Phi) is 5.58. The molecule has 0 aliphatic rings. The van der Waals surface area contributed by atoms with Gasteiger partial charge in [0.2, 0.25) is 0 Å². The van der Waals surface area contributed by atoms with Gasteiger partial charge >= 0.3 is 5.97 Å². The van der Waals surface area contributed by atoms with Gasteiger partial charge in [0.15, 0.2) is 11.6 Å². The van der Waals surface area contributed by atoms with Crippen molar-refractivity contribution in [3.63, 3.8) is 0 Å². The Hall–Kier alpha value is -1.62. The summed E-state index contributed by atoms with van der Waals surface area (Å²) in [6.07, 6.45) is 0. The summed E-state index contributed by atoms with van der Waals surface area (Å²) in [7, 11) is 1.39. The average Bonchev–Trinajstić information content (AvgIpc) is 2.36. The van der Waals surface area contributed by atoms with Gasteiger partial charge in [-0.25, -0.2) is 9.18 Å². The van der Waals surface area contributed by atoms with Crippen molar-refractivity contribution in [3.8, 4) is 5.75 Å². The molecule has 1 rings (SSSR count). The van der Waals surface area contributed by atoms with Crippen LogP contribution in [0.15, 0.2) is 18.2 Å². The minimum Gasteiger partial charge on any atom is -0.494 e. The summed E-state index contributed by atoms with van der Waals surface area (Å²) in [5.41, 5.74) is 0.522. The second-order valence-electron chi connectivity index (χ2n) is 3.64. The van der Waals surface area contributed by atoms with Crippen LogP contribution in [-0.2, 0) is 9.53 Å². The van der Waals surface area contributed by atoms with E-state index in [2.05, 4.69) is 5.32 Å². The van der Waals surface area contributed by atoms with Crippen molar-refractivity contribution in [1.82, 2.24) is 5.32 Å². The van der Waals surface area contributed by atoms with Gasteiger partial charge in [-0.3, -0.25) is 0 Å². The van der Waals surface area contributed by atoms with Gasteiger partial charge in [-0.05, 0) is 31.2 Å². The van der Waals surface area contributed by atoms with Crippen molar-refractivity contribution in [2.75, 3.05) is 20.3 Å². The third-order valence-electron chi connectivity index (χ3n) is 2.44. The fraction of sp³-hybridized carbons (Fsp3) is 0.462.